The normalized spacial score (nSPS) is 11.7. The highest BCUT2D eigenvalue weighted by atomic mass is 16.5. The third-order valence-electron chi connectivity index (χ3n) is 3.18. The Morgan fingerprint density at radius 2 is 1.94 bits per heavy atom. The average Bonchev–Trinajstić information content (AvgIpc) is 2.37. The lowest BCUT2D eigenvalue weighted by atomic mass is 10.0. The van der Waals surface area contributed by atoms with E-state index in [2.05, 4.69) is 45.0 Å². The van der Waals surface area contributed by atoms with Crippen LogP contribution in [0.25, 0.3) is 5.76 Å². The van der Waals surface area contributed by atoms with Gasteiger partial charge in [-0.3, -0.25) is 0 Å². The lowest BCUT2D eigenvalue weighted by Gasteiger charge is -2.13. The summed E-state index contributed by atoms with van der Waals surface area (Å²) in [6, 6.07) is 6.51. The molecule has 1 aromatic carbocycles. The molecule has 0 fully saturated rings. The fourth-order valence-corrected chi connectivity index (χ4v) is 2.03. The second-order valence-electron chi connectivity index (χ2n) is 4.88. The van der Waals surface area contributed by atoms with Crippen molar-refractivity contribution in [2.45, 2.75) is 53.4 Å². The Balaban J connectivity index is 2.58. The summed E-state index contributed by atoms with van der Waals surface area (Å²) in [6.07, 6.45) is 7.06. The van der Waals surface area contributed by atoms with Gasteiger partial charge in [-0.05, 0) is 44.9 Å². The van der Waals surface area contributed by atoms with Gasteiger partial charge in [-0.15, -0.1) is 0 Å². The summed E-state index contributed by atoms with van der Waals surface area (Å²) in [4.78, 5) is 0. The zero-order chi connectivity index (χ0) is 13.4. The number of unbranched alkanes of at least 4 members (excludes halogenated alkanes) is 3. The summed E-state index contributed by atoms with van der Waals surface area (Å²) in [6.45, 7) is 9.36. The molecular weight excluding hydrogens is 220 g/mol. The minimum Gasteiger partial charge on any atom is -0.493 e. The van der Waals surface area contributed by atoms with Gasteiger partial charge >= 0.3 is 0 Å². The predicted octanol–water partition coefficient (Wildman–Crippen LogP) is 5.26. The van der Waals surface area contributed by atoms with E-state index in [9.17, 15) is 0 Å². The largest absolute Gasteiger partial charge is 0.493 e. The molecule has 0 aliphatic heterocycles. The third-order valence-corrected chi connectivity index (χ3v) is 3.18. The molecule has 0 bridgehead atoms. The molecule has 1 nitrogen and oxygen atoms in total. The zero-order valence-electron chi connectivity index (χ0n) is 12.3. The van der Waals surface area contributed by atoms with E-state index >= 15 is 0 Å². The van der Waals surface area contributed by atoms with Crippen LogP contribution in [0.15, 0.2) is 24.3 Å². The molecule has 0 unspecified atom stereocenters. The van der Waals surface area contributed by atoms with Crippen molar-refractivity contribution in [3.8, 4) is 0 Å². The number of allylic oxidation sites excluding steroid dienone is 1. The van der Waals surface area contributed by atoms with Crippen molar-refractivity contribution < 1.29 is 4.74 Å². The maximum atomic E-state index is 5.92. The molecule has 0 saturated carbocycles. The second kappa shape index (κ2) is 7.97. The van der Waals surface area contributed by atoms with Gasteiger partial charge in [0.25, 0.3) is 0 Å². The van der Waals surface area contributed by atoms with Crippen LogP contribution in [0.3, 0.4) is 0 Å². The third kappa shape index (κ3) is 4.56. The van der Waals surface area contributed by atoms with Crippen molar-refractivity contribution in [3.63, 3.8) is 0 Å². The van der Waals surface area contributed by atoms with Crippen molar-refractivity contribution in [2.75, 3.05) is 6.61 Å². The van der Waals surface area contributed by atoms with Crippen LogP contribution in [-0.4, -0.2) is 6.61 Å². The number of hydrogen-bond donors (Lipinski definition) is 0. The van der Waals surface area contributed by atoms with Crippen LogP contribution < -0.4 is 0 Å². The Morgan fingerprint density at radius 1 is 1.17 bits per heavy atom. The fourth-order valence-electron chi connectivity index (χ4n) is 2.03. The molecule has 0 aliphatic carbocycles. The van der Waals surface area contributed by atoms with Gasteiger partial charge in [-0.25, -0.2) is 0 Å². The van der Waals surface area contributed by atoms with Crippen LogP contribution in [0.1, 0.15) is 56.2 Å². The van der Waals surface area contributed by atoms with Crippen LogP contribution in [0.4, 0.5) is 0 Å². The van der Waals surface area contributed by atoms with E-state index in [0.29, 0.717) is 0 Å². The van der Waals surface area contributed by atoms with Crippen LogP contribution >= 0.6 is 0 Å². The Kier molecular flexibility index (Phi) is 6.56. The van der Waals surface area contributed by atoms with Crippen molar-refractivity contribution >= 4 is 5.76 Å². The quantitative estimate of drug-likeness (QED) is 0.471. The summed E-state index contributed by atoms with van der Waals surface area (Å²) >= 11 is 0. The second-order valence-corrected chi connectivity index (χ2v) is 4.88. The highest BCUT2D eigenvalue weighted by molar-refractivity contribution is 5.63. The summed E-state index contributed by atoms with van der Waals surface area (Å²) in [5.74, 6) is 1.02. The SMILES string of the molecule is CC=C(OCCCCCC)c1cc(C)ccc1C. The van der Waals surface area contributed by atoms with E-state index < -0.39 is 0 Å². The van der Waals surface area contributed by atoms with E-state index in [4.69, 9.17) is 4.74 Å². The van der Waals surface area contributed by atoms with Crippen molar-refractivity contribution in [3.05, 3.63) is 41.0 Å². The standard InChI is InChI=1S/C17H26O/c1-5-7-8-9-12-18-17(6-2)16-13-14(3)10-11-15(16)4/h6,10-11,13H,5,7-9,12H2,1-4H3. The molecule has 0 spiro atoms. The van der Waals surface area contributed by atoms with Crippen LogP contribution in [0.2, 0.25) is 0 Å². The van der Waals surface area contributed by atoms with E-state index in [1.54, 1.807) is 0 Å². The molecule has 0 amide bonds. The molecule has 0 saturated heterocycles. The Hall–Kier alpha value is -1.24. The van der Waals surface area contributed by atoms with E-state index in [0.717, 1.165) is 18.8 Å². The highest BCUT2D eigenvalue weighted by Gasteiger charge is 2.05. The summed E-state index contributed by atoms with van der Waals surface area (Å²) in [5, 5.41) is 0. The molecule has 0 N–H and O–H groups in total. The molecule has 0 atom stereocenters. The molecule has 0 heterocycles. The van der Waals surface area contributed by atoms with Gasteiger partial charge in [0.1, 0.15) is 5.76 Å². The molecule has 0 aromatic heterocycles. The molecule has 0 aliphatic rings. The number of ether oxygens (including phenoxy) is 1. The van der Waals surface area contributed by atoms with Crippen LogP contribution in [-0.2, 0) is 4.74 Å². The van der Waals surface area contributed by atoms with Crippen LogP contribution in [0.5, 0.6) is 0 Å². The number of aryl methyl sites for hydroxylation is 2. The summed E-state index contributed by atoms with van der Waals surface area (Å²) in [7, 11) is 0. The lowest BCUT2D eigenvalue weighted by Crippen LogP contribution is -1.97. The first kappa shape index (κ1) is 14.8. The topological polar surface area (TPSA) is 9.23 Å². The van der Waals surface area contributed by atoms with E-state index in [1.165, 1.54) is 36.0 Å². The van der Waals surface area contributed by atoms with Gasteiger partial charge in [-0.1, -0.05) is 43.9 Å². The molecule has 100 valence electrons. The first-order valence-corrected chi connectivity index (χ1v) is 7.05. The number of rotatable bonds is 7. The van der Waals surface area contributed by atoms with Gasteiger partial charge in [0, 0.05) is 5.56 Å². The Labute approximate surface area is 112 Å². The first-order valence-electron chi connectivity index (χ1n) is 7.05. The van der Waals surface area contributed by atoms with Gasteiger partial charge in [0.05, 0.1) is 6.61 Å². The first-order chi connectivity index (χ1) is 8.69. The number of hydrogen-bond acceptors (Lipinski definition) is 1. The Bertz CT molecular complexity index is 391. The lowest BCUT2D eigenvalue weighted by molar-refractivity contribution is 0.266. The van der Waals surface area contributed by atoms with Gasteiger partial charge in [0.2, 0.25) is 0 Å². The smallest absolute Gasteiger partial charge is 0.122 e. The average molecular weight is 246 g/mol. The van der Waals surface area contributed by atoms with Crippen molar-refractivity contribution in [2.24, 2.45) is 0 Å². The molecule has 18 heavy (non-hydrogen) atoms. The van der Waals surface area contributed by atoms with Crippen molar-refractivity contribution in [1.82, 2.24) is 0 Å². The summed E-state index contributed by atoms with van der Waals surface area (Å²) in [5.41, 5.74) is 3.79. The van der Waals surface area contributed by atoms with E-state index in [-0.39, 0.29) is 0 Å². The minimum atomic E-state index is 0.826. The maximum Gasteiger partial charge on any atom is 0.122 e. The monoisotopic (exact) mass is 246 g/mol. The molecule has 0 radical (unpaired) electrons. The van der Waals surface area contributed by atoms with Crippen molar-refractivity contribution in [1.29, 1.82) is 0 Å². The van der Waals surface area contributed by atoms with Gasteiger partial charge in [0.15, 0.2) is 0 Å². The molecular formula is C17H26O. The zero-order valence-corrected chi connectivity index (χ0v) is 12.3. The van der Waals surface area contributed by atoms with Crippen LogP contribution in [0, 0.1) is 13.8 Å². The maximum absolute atomic E-state index is 5.92. The molecule has 1 heteroatoms. The Morgan fingerprint density at radius 3 is 2.61 bits per heavy atom. The number of benzene rings is 1. The molecule has 1 rings (SSSR count). The predicted molar refractivity (Wildman–Crippen MR) is 79.7 cm³/mol. The minimum absolute atomic E-state index is 0.826. The van der Waals surface area contributed by atoms with Gasteiger partial charge in [-0.2, -0.15) is 0 Å². The summed E-state index contributed by atoms with van der Waals surface area (Å²) < 4.78 is 5.92. The van der Waals surface area contributed by atoms with Gasteiger partial charge < -0.3 is 4.74 Å². The fraction of sp³-hybridized carbons (Fsp3) is 0.529. The highest BCUT2D eigenvalue weighted by Crippen LogP contribution is 2.21. The van der Waals surface area contributed by atoms with E-state index in [1.807, 2.05) is 6.92 Å². The molecule has 1 aromatic rings.